The van der Waals surface area contributed by atoms with Crippen molar-refractivity contribution in [2.75, 3.05) is 13.2 Å². The van der Waals surface area contributed by atoms with Crippen molar-refractivity contribution in [2.45, 2.75) is 322 Å². The molecule has 0 rings (SSSR count). The van der Waals surface area contributed by atoms with Gasteiger partial charge in [0.15, 0.2) is 6.10 Å². The SMILES string of the molecule is CCCC/C=C\CCCCCCC(=O)OCC(COC(=O)CCCCCCCCC/C=C\CCCCCCCCCC)OC(=O)CCCCCCCCCCCCCCCCCCCC. The van der Waals surface area contributed by atoms with Crippen LogP contribution < -0.4 is 0 Å². The molecule has 0 spiro atoms. The van der Waals surface area contributed by atoms with Crippen LogP contribution in [0, 0.1) is 0 Å². The van der Waals surface area contributed by atoms with Crippen LogP contribution in [0.15, 0.2) is 24.3 Å². The number of ether oxygens (including phenoxy) is 3. The van der Waals surface area contributed by atoms with E-state index in [0.29, 0.717) is 19.3 Å². The minimum atomic E-state index is -0.773. The molecule has 1 atom stereocenters. The van der Waals surface area contributed by atoms with Crippen molar-refractivity contribution in [1.29, 1.82) is 0 Å². The average molecular weight is 916 g/mol. The van der Waals surface area contributed by atoms with E-state index in [2.05, 4.69) is 45.1 Å². The molecule has 0 aliphatic carbocycles. The Morgan fingerprint density at radius 2 is 0.523 bits per heavy atom. The van der Waals surface area contributed by atoms with Gasteiger partial charge in [0.2, 0.25) is 0 Å². The Hall–Kier alpha value is -2.11. The predicted octanol–water partition coefficient (Wildman–Crippen LogP) is 19.1. The number of hydrogen-bond donors (Lipinski definition) is 0. The lowest BCUT2D eigenvalue weighted by Crippen LogP contribution is -2.30. The van der Waals surface area contributed by atoms with Crippen molar-refractivity contribution in [3.05, 3.63) is 24.3 Å². The number of carbonyl (C=O) groups excluding carboxylic acids is 3. The van der Waals surface area contributed by atoms with E-state index in [1.165, 1.54) is 199 Å². The lowest BCUT2D eigenvalue weighted by Gasteiger charge is -2.18. The summed E-state index contributed by atoms with van der Waals surface area (Å²) in [5, 5.41) is 0. The molecule has 0 N–H and O–H groups in total. The van der Waals surface area contributed by atoms with Gasteiger partial charge in [-0.25, -0.2) is 0 Å². The second-order valence-electron chi connectivity index (χ2n) is 19.6. The first-order valence-electron chi connectivity index (χ1n) is 28.8. The van der Waals surface area contributed by atoms with Crippen molar-refractivity contribution in [3.8, 4) is 0 Å². The standard InChI is InChI=1S/C59H110O6/c1-4-7-10-13-16-19-22-24-26-28-30-32-33-35-37-40-43-46-49-52-58(61)64-55-56(54-63-57(60)51-48-45-42-39-21-18-15-12-9-6-3)65-59(62)53-50-47-44-41-38-36-34-31-29-27-25-23-20-17-14-11-8-5-2/h15,18,28,30,56H,4-14,16-17,19-27,29,31-55H2,1-3H3/b18-15-,30-28-. The summed E-state index contributed by atoms with van der Waals surface area (Å²) in [7, 11) is 0. The van der Waals surface area contributed by atoms with Gasteiger partial charge in [-0.3, -0.25) is 14.4 Å². The maximum Gasteiger partial charge on any atom is 0.306 e. The van der Waals surface area contributed by atoms with Gasteiger partial charge in [0.05, 0.1) is 0 Å². The van der Waals surface area contributed by atoms with Crippen LogP contribution in [0.1, 0.15) is 316 Å². The Bertz CT molecular complexity index is 1050. The summed E-state index contributed by atoms with van der Waals surface area (Å²) in [6, 6.07) is 0. The van der Waals surface area contributed by atoms with Gasteiger partial charge in [0.1, 0.15) is 13.2 Å². The third kappa shape index (κ3) is 52.7. The summed E-state index contributed by atoms with van der Waals surface area (Å²) in [5.74, 6) is -0.872. The first-order valence-corrected chi connectivity index (χ1v) is 28.8. The maximum absolute atomic E-state index is 12.8. The lowest BCUT2D eigenvalue weighted by atomic mass is 10.0. The smallest absolute Gasteiger partial charge is 0.306 e. The molecule has 0 fully saturated rings. The molecular weight excluding hydrogens is 805 g/mol. The van der Waals surface area contributed by atoms with E-state index < -0.39 is 6.10 Å². The molecule has 0 saturated heterocycles. The Labute approximate surface area is 404 Å². The molecule has 0 aromatic heterocycles. The Balaban J connectivity index is 4.26. The highest BCUT2D eigenvalue weighted by molar-refractivity contribution is 5.71. The monoisotopic (exact) mass is 915 g/mol. The number of allylic oxidation sites excluding steroid dienone is 4. The number of unbranched alkanes of at least 4 members (excludes halogenated alkanes) is 38. The van der Waals surface area contributed by atoms with Crippen molar-refractivity contribution >= 4 is 17.9 Å². The Kier molecular flexibility index (Phi) is 52.7. The molecule has 0 saturated carbocycles. The van der Waals surface area contributed by atoms with Gasteiger partial charge >= 0.3 is 17.9 Å². The number of hydrogen-bond acceptors (Lipinski definition) is 6. The van der Waals surface area contributed by atoms with E-state index in [4.69, 9.17) is 14.2 Å². The topological polar surface area (TPSA) is 78.9 Å². The Morgan fingerprint density at radius 1 is 0.292 bits per heavy atom. The highest BCUT2D eigenvalue weighted by atomic mass is 16.6. The molecule has 6 heteroatoms. The van der Waals surface area contributed by atoms with Crippen LogP contribution in [-0.4, -0.2) is 37.2 Å². The minimum Gasteiger partial charge on any atom is -0.462 e. The zero-order valence-corrected chi connectivity index (χ0v) is 43.8. The molecule has 0 radical (unpaired) electrons. The zero-order chi connectivity index (χ0) is 47.2. The summed E-state index contributed by atoms with van der Waals surface area (Å²) >= 11 is 0. The van der Waals surface area contributed by atoms with Gasteiger partial charge in [0.25, 0.3) is 0 Å². The largest absolute Gasteiger partial charge is 0.462 e. The highest BCUT2D eigenvalue weighted by Gasteiger charge is 2.19. The predicted molar refractivity (Wildman–Crippen MR) is 279 cm³/mol. The summed E-state index contributed by atoms with van der Waals surface area (Å²) in [5.41, 5.74) is 0. The fraction of sp³-hybridized carbons (Fsp3) is 0.881. The van der Waals surface area contributed by atoms with Crippen LogP contribution in [0.2, 0.25) is 0 Å². The molecule has 0 heterocycles. The summed E-state index contributed by atoms with van der Waals surface area (Å²) < 4.78 is 16.8. The number of carbonyl (C=O) groups is 3. The lowest BCUT2D eigenvalue weighted by molar-refractivity contribution is -0.167. The van der Waals surface area contributed by atoms with Crippen LogP contribution in [0.4, 0.5) is 0 Å². The van der Waals surface area contributed by atoms with E-state index in [1.54, 1.807) is 0 Å². The van der Waals surface area contributed by atoms with Gasteiger partial charge in [-0.05, 0) is 64.2 Å². The Morgan fingerprint density at radius 3 is 0.815 bits per heavy atom. The van der Waals surface area contributed by atoms with Crippen LogP contribution in [0.25, 0.3) is 0 Å². The molecule has 0 bridgehead atoms. The van der Waals surface area contributed by atoms with Crippen LogP contribution >= 0.6 is 0 Å². The number of esters is 3. The minimum absolute atomic E-state index is 0.0731. The van der Waals surface area contributed by atoms with Crippen molar-refractivity contribution < 1.29 is 28.6 Å². The molecule has 0 amide bonds. The van der Waals surface area contributed by atoms with Gasteiger partial charge in [0, 0.05) is 19.3 Å². The summed E-state index contributed by atoms with van der Waals surface area (Å²) in [6.45, 7) is 6.63. The molecular formula is C59H110O6. The molecule has 6 nitrogen and oxygen atoms in total. The molecule has 65 heavy (non-hydrogen) atoms. The van der Waals surface area contributed by atoms with Crippen molar-refractivity contribution in [1.82, 2.24) is 0 Å². The van der Waals surface area contributed by atoms with Crippen LogP contribution in [0.3, 0.4) is 0 Å². The summed E-state index contributed by atoms with van der Waals surface area (Å²) in [6.07, 6.45) is 63.2. The van der Waals surface area contributed by atoms with Gasteiger partial charge < -0.3 is 14.2 Å². The van der Waals surface area contributed by atoms with Gasteiger partial charge in [-0.1, -0.05) is 257 Å². The summed E-state index contributed by atoms with van der Waals surface area (Å²) in [4.78, 5) is 38.0. The molecule has 0 aliphatic rings. The zero-order valence-electron chi connectivity index (χ0n) is 43.8. The van der Waals surface area contributed by atoms with Crippen molar-refractivity contribution in [3.63, 3.8) is 0 Å². The van der Waals surface area contributed by atoms with E-state index in [9.17, 15) is 14.4 Å². The average Bonchev–Trinajstić information content (AvgIpc) is 3.30. The highest BCUT2D eigenvalue weighted by Crippen LogP contribution is 2.17. The maximum atomic E-state index is 12.8. The van der Waals surface area contributed by atoms with Gasteiger partial charge in [-0.2, -0.15) is 0 Å². The van der Waals surface area contributed by atoms with Crippen molar-refractivity contribution in [2.24, 2.45) is 0 Å². The molecule has 382 valence electrons. The first kappa shape index (κ1) is 62.9. The van der Waals surface area contributed by atoms with Gasteiger partial charge in [-0.15, -0.1) is 0 Å². The fourth-order valence-electron chi connectivity index (χ4n) is 8.54. The van der Waals surface area contributed by atoms with E-state index in [0.717, 1.165) is 77.0 Å². The third-order valence-corrected chi connectivity index (χ3v) is 12.9. The van der Waals surface area contributed by atoms with Crippen LogP contribution in [0.5, 0.6) is 0 Å². The number of rotatable bonds is 53. The molecule has 0 aromatic rings. The molecule has 0 aromatic carbocycles. The van der Waals surface area contributed by atoms with Crippen LogP contribution in [-0.2, 0) is 28.6 Å². The first-order chi connectivity index (χ1) is 32.0. The quantitative estimate of drug-likeness (QED) is 0.0262. The normalized spacial score (nSPS) is 12.1. The fourth-order valence-corrected chi connectivity index (χ4v) is 8.54. The van der Waals surface area contributed by atoms with E-state index in [-0.39, 0.29) is 31.1 Å². The molecule has 1 unspecified atom stereocenters. The second-order valence-corrected chi connectivity index (χ2v) is 19.6. The van der Waals surface area contributed by atoms with E-state index in [1.807, 2.05) is 0 Å². The third-order valence-electron chi connectivity index (χ3n) is 12.9. The molecule has 0 aliphatic heterocycles. The van der Waals surface area contributed by atoms with E-state index >= 15 is 0 Å². The second kappa shape index (κ2) is 54.5.